The van der Waals surface area contributed by atoms with Gasteiger partial charge in [0.05, 0.1) is 5.69 Å². The molecule has 1 aromatic carbocycles. The molecule has 0 aliphatic carbocycles. The van der Waals surface area contributed by atoms with Crippen LogP contribution in [0.2, 0.25) is 0 Å². The van der Waals surface area contributed by atoms with Crippen molar-refractivity contribution < 1.29 is 4.79 Å². The van der Waals surface area contributed by atoms with E-state index in [-0.39, 0.29) is 12.1 Å². The molecule has 3 aromatic rings. The minimum Gasteiger partial charge on any atom is -0.335 e. The van der Waals surface area contributed by atoms with Crippen molar-refractivity contribution in [3.05, 3.63) is 58.9 Å². The Kier molecular flexibility index (Phi) is 5.31. The predicted octanol–water partition coefficient (Wildman–Crippen LogP) is 2.49. The van der Waals surface area contributed by atoms with Gasteiger partial charge in [0.1, 0.15) is 5.82 Å². The first kappa shape index (κ1) is 17.7. The van der Waals surface area contributed by atoms with Crippen molar-refractivity contribution in [3.63, 3.8) is 0 Å². The molecule has 26 heavy (non-hydrogen) atoms. The minimum absolute atomic E-state index is 0.0223. The molecule has 0 saturated heterocycles. The third kappa shape index (κ3) is 4.92. The molecule has 0 bridgehead atoms. The molecule has 0 radical (unpaired) electrons. The number of urea groups is 1. The Morgan fingerprint density at radius 2 is 1.92 bits per heavy atom. The molecule has 0 unspecified atom stereocenters. The number of nitrogens with zero attached hydrogens (tertiary/aromatic N) is 3. The van der Waals surface area contributed by atoms with E-state index in [9.17, 15) is 4.79 Å². The lowest BCUT2D eigenvalue weighted by Crippen LogP contribution is -2.37. The molecule has 4 N–H and O–H groups in total. The van der Waals surface area contributed by atoms with Gasteiger partial charge in [-0.05, 0) is 44.5 Å². The maximum absolute atomic E-state index is 12.1. The van der Waals surface area contributed by atoms with Crippen LogP contribution in [-0.2, 0) is 12.8 Å². The number of aromatic nitrogens is 5. The van der Waals surface area contributed by atoms with E-state index in [2.05, 4.69) is 36.0 Å². The smallest absolute Gasteiger partial charge is 0.319 e. The predicted molar refractivity (Wildman–Crippen MR) is 99.0 cm³/mol. The first-order valence-electron chi connectivity index (χ1n) is 8.53. The number of amides is 2. The molecule has 0 fully saturated rings. The summed E-state index contributed by atoms with van der Waals surface area (Å²) in [4.78, 5) is 16.4. The number of nitrogens with one attached hydrogen (secondary N) is 4. The van der Waals surface area contributed by atoms with Gasteiger partial charge in [-0.25, -0.2) is 9.78 Å². The number of carbonyl (C=O) groups is 1. The number of H-pyrrole nitrogens is 2. The molecule has 0 spiro atoms. The third-order valence-corrected chi connectivity index (χ3v) is 3.87. The Hall–Kier alpha value is -3.16. The number of aryl methyl sites for hydroxylation is 2. The van der Waals surface area contributed by atoms with E-state index < -0.39 is 0 Å². The zero-order valence-corrected chi connectivity index (χ0v) is 15.1. The molecular formula is C18H23N7O. The van der Waals surface area contributed by atoms with E-state index in [1.807, 2.05) is 51.1 Å². The van der Waals surface area contributed by atoms with Crippen LogP contribution in [0, 0.1) is 13.8 Å². The standard InChI is InChI=1S/C18H23N7O/c1-11(8-16-9-12(2)22-24-16)19-18(26)21-15-6-4-14(5-7-15)10-17-20-13(3)23-25-17/h4-7,9,11H,8,10H2,1-3H3,(H,22,24)(H2,19,21,26)(H,20,23,25)/t11-/m0/s1. The Bertz CT molecular complexity index is 866. The second-order valence-corrected chi connectivity index (χ2v) is 6.46. The zero-order chi connectivity index (χ0) is 18.5. The van der Waals surface area contributed by atoms with Crippen molar-refractivity contribution >= 4 is 11.7 Å². The molecule has 136 valence electrons. The van der Waals surface area contributed by atoms with Crippen LogP contribution in [0.3, 0.4) is 0 Å². The quantitative estimate of drug-likeness (QED) is 0.545. The van der Waals surface area contributed by atoms with Crippen molar-refractivity contribution in [2.24, 2.45) is 0 Å². The lowest BCUT2D eigenvalue weighted by Gasteiger charge is -2.13. The van der Waals surface area contributed by atoms with Gasteiger partial charge in [0.25, 0.3) is 0 Å². The largest absolute Gasteiger partial charge is 0.335 e. The summed E-state index contributed by atoms with van der Waals surface area (Å²) in [6, 6.07) is 9.37. The van der Waals surface area contributed by atoms with Crippen LogP contribution in [-0.4, -0.2) is 37.5 Å². The second-order valence-electron chi connectivity index (χ2n) is 6.46. The number of carbonyl (C=O) groups excluding carboxylic acids is 1. The van der Waals surface area contributed by atoms with Crippen molar-refractivity contribution in [2.45, 2.75) is 39.7 Å². The Labute approximate surface area is 151 Å². The van der Waals surface area contributed by atoms with Crippen LogP contribution in [0.4, 0.5) is 10.5 Å². The van der Waals surface area contributed by atoms with Crippen molar-refractivity contribution in [2.75, 3.05) is 5.32 Å². The lowest BCUT2D eigenvalue weighted by atomic mass is 10.1. The number of aromatic amines is 2. The molecule has 0 saturated carbocycles. The molecule has 2 aromatic heterocycles. The van der Waals surface area contributed by atoms with Gasteiger partial charge in [-0.3, -0.25) is 10.2 Å². The average Bonchev–Trinajstić information content (AvgIpc) is 3.17. The number of rotatable bonds is 6. The summed E-state index contributed by atoms with van der Waals surface area (Å²) < 4.78 is 0. The number of benzene rings is 1. The summed E-state index contributed by atoms with van der Waals surface area (Å²) in [7, 11) is 0. The lowest BCUT2D eigenvalue weighted by molar-refractivity contribution is 0.249. The summed E-state index contributed by atoms with van der Waals surface area (Å²) in [5, 5.41) is 19.8. The molecular weight excluding hydrogens is 330 g/mol. The van der Waals surface area contributed by atoms with Crippen LogP contribution in [0.25, 0.3) is 0 Å². The number of hydrogen-bond acceptors (Lipinski definition) is 4. The van der Waals surface area contributed by atoms with Gasteiger partial charge in [-0.2, -0.15) is 10.2 Å². The fraction of sp³-hybridized carbons (Fsp3) is 0.333. The van der Waals surface area contributed by atoms with Crippen LogP contribution in [0.15, 0.2) is 30.3 Å². The van der Waals surface area contributed by atoms with E-state index in [0.717, 1.165) is 34.3 Å². The van der Waals surface area contributed by atoms with Crippen molar-refractivity contribution in [1.29, 1.82) is 0 Å². The van der Waals surface area contributed by atoms with Crippen LogP contribution < -0.4 is 10.6 Å². The highest BCUT2D eigenvalue weighted by Crippen LogP contribution is 2.12. The summed E-state index contributed by atoms with van der Waals surface area (Å²) >= 11 is 0. The Balaban J connectivity index is 1.49. The molecule has 0 aliphatic rings. The van der Waals surface area contributed by atoms with Crippen LogP contribution in [0.5, 0.6) is 0 Å². The van der Waals surface area contributed by atoms with Crippen LogP contribution in [0.1, 0.15) is 35.5 Å². The third-order valence-electron chi connectivity index (χ3n) is 3.87. The SMILES string of the molecule is Cc1cc(C[C@H](C)NC(=O)Nc2ccc(Cc3n[nH]c(C)n3)cc2)n[nH]1. The van der Waals surface area contributed by atoms with E-state index in [0.29, 0.717) is 12.8 Å². The summed E-state index contributed by atoms with van der Waals surface area (Å²) in [6.07, 6.45) is 1.32. The number of hydrogen-bond donors (Lipinski definition) is 4. The number of anilines is 1. The van der Waals surface area contributed by atoms with E-state index in [4.69, 9.17) is 0 Å². The van der Waals surface area contributed by atoms with Gasteiger partial charge in [-0.1, -0.05) is 12.1 Å². The van der Waals surface area contributed by atoms with E-state index >= 15 is 0 Å². The highest BCUT2D eigenvalue weighted by molar-refractivity contribution is 5.89. The summed E-state index contributed by atoms with van der Waals surface area (Å²) in [5.41, 5.74) is 3.76. The van der Waals surface area contributed by atoms with E-state index in [1.165, 1.54) is 0 Å². The first-order valence-corrected chi connectivity index (χ1v) is 8.53. The van der Waals surface area contributed by atoms with Gasteiger partial charge < -0.3 is 10.6 Å². The fourth-order valence-corrected chi connectivity index (χ4v) is 2.69. The van der Waals surface area contributed by atoms with Crippen molar-refractivity contribution in [3.8, 4) is 0 Å². The van der Waals surface area contributed by atoms with Gasteiger partial charge in [0.2, 0.25) is 0 Å². The molecule has 2 heterocycles. The maximum Gasteiger partial charge on any atom is 0.319 e. The first-order chi connectivity index (χ1) is 12.5. The fourth-order valence-electron chi connectivity index (χ4n) is 2.69. The Morgan fingerprint density at radius 1 is 1.15 bits per heavy atom. The average molecular weight is 353 g/mol. The molecule has 2 amide bonds. The summed E-state index contributed by atoms with van der Waals surface area (Å²) in [5.74, 6) is 1.55. The van der Waals surface area contributed by atoms with Crippen molar-refractivity contribution in [1.82, 2.24) is 30.7 Å². The normalized spacial score (nSPS) is 12.0. The monoisotopic (exact) mass is 353 g/mol. The van der Waals surface area contributed by atoms with E-state index in [1.54, 1.807) is 0 Å². The van der Waals surface area contributed by atoms with Gasteiger partial charge in [0, 0.05) is 30.3 Å². The second kappa shape index (κ2) is 7.81. The van der Waals surface area contributed by atoms with Gasteiger partial charge in [-0.15, -0.1) is 0 Å². The van der Waals surface area contributed by atoms with Gasteiger partial charge in [0.15, 0.2) is 5.82 Å². The van der Waals surface area contributed by atoms with Gasteiger partial charge >= 0.3 is 6.03 Å². The highest BCUT2D eigenvalue weighted by atomic mass is 16.2. The molecule has 0 aliphatic heterocycles. The minimum atomic E-state index is -0.234. The molecule has 8 nitrogen and oxygen atoms in total. The molecule has 1 atom stereocenters. The summed E-state index contributed by atoms with van der Waals surface area (Å²) in [6.45, 7) is 5.77. The Morgan fingerprint density at radius 3 is 2.54 bits per heavy atom. The maximum atomic E-state index is 12.1. The molecule has 3 rings (SSSR count). The topological polar surface area (TPSA) is 111 Å². The zero-order valence-electron chi connectivity index (χ0n) is 15.1. The molecule has 8 heteroatoms. The van der Waals surface area contributed by atoms with Crippen LogP contribution >= 0.6 is 0 Å². The highest BCUT2D eigenvalue weighted by Gasteiger charge is 2.10.